The summed E-state index contributed by atoms with van der Waals surface area (Å²) in [7, 11) is 1.60. The van der Waals surface area contributed by atoms with Crippen molar-refractivity contribution >= 4 is 17.9 Å². The van der Waals surface area contributed by atoms with Gasteiger partial charge in [0, 0.05) is 49.6 Å². The minimum absolute atomic E-state index is 0.0581. The van der Waals surface area contributed by atoms with Crippen LogP contribution in [0.3, 0.4) is 0 Å². The lowest BCUT2D eigenvalue weighted by atomic mass is 9.86. The van der Waals surface area contributed by atoms with E-state index in [9.17, 15) is 14.4 Å². The molecule has 2 aromatic carbocycles. The topological polar surface area (TPSA) is 87.7 Å². The zero-order valence-corrected chi connectivity index (χ0v) is 18.9. The fourth-order valence-electron chi connectivity index (χ4n) is 4.47. The summed E-state index contributed by atoms with van der Waals surface area (Å²) < 4.78 is 5.55. The van der Waals surface area contributed by atoms with E-state index < -0.39 is 5.60 Å². The van der Waals surface area contributed by atoms with Crippen LogP contribution < -0.4 is 10.6 Å². The number of hydrogen-bond donors (Lipinski definition) is 2. The summed E-state index contributed by atoms with van der Waals surface area (Å²) in [5, 5.41) is 5.65. The highest BCUT2D eigenvalue weighted by Gasteiger charge is 2.41. The van der Waals surface area contributed by atoms with E-state index in [4.69, 9.17) is 4.74 Å². The van der Waals surface area contributed by atoms with E-state index in [1.807, 2.05) is 57.2 Å². The van der Waals surface area contributed by atoms with Crippen LogP contribution in [-0.2, 0) is 4.74 Å². The highest BCUT2D eigenvalue weighted by Crippen LogP contribution is 2.38. The predicted molar refractivity (Wildman–Crippen MR) is 122 cm³/mol. The summed E-state index contributed by atoms with van der Waals surface area (Å²) in [6, 6.07) is 13.2. The van der Waals surface area contributed by atoms with Gasteiger partial charge in [0.15, 0.2) is 0 Å². The molecule has 4 rings (SSSR count). The molecular weight excluding hydrogens is 406 g/mol. The molecule has 2 N–H and O–H groups in total. The van der Waals surface area contributed by atoms with Crippen molar-refractivity contribution in [2.75, 3.05) is 26.7 Å². The van der Waals surface area contributed by atoms with Gasteiger partial charge in [-0.3, -0.25) is 9.59 Å². The molecule has 2 atom stereocenters. The summed E-state index contributed by atoms with van der Waals surface area (Å²) in [6.45, 7) is 7.15. The van der Waals surface area contributed by atoms with Crippen LogP contribution in [0.15, 0.2) is 42.5 Å². The summed E-state index contributed by atoms with van der Waals surface area (Å²) in [5.74, 6) is -0.0734. The van der Waals surface area contributed by atoms with E-state index >= 15 is 0 Å². The molecule has 7 nitrogen and oxygen atoms in total. The van der Waals surface area contributed by atoms with Crippen molar-refractivity contribution in [1.82, 2.24) is 15.5 Å². The number of carbonyl (C=O) groups is 3. The summed E-state index contributed by atoms with van der Waals surface area (Å²) >= 11 is 0. The quantitative estimate of drug-likeness (QED) is 0.757. The third kappa shape index (κ3) is 4.33. The molecule has 0 unspecified atom stereocenters. The Kier molecular flexibility index (Phi) is 5.67. The van der Waals surface area contributed by atoms with E-state index in [-0.39, 0.29) is 29.7 Å². The normalized spacial score (nSPS) is 20.0. The number of amides is 3. The lowest BCUT2D eigenvalue weighted by Gasteiger charge is -2.24. The Labute approximate surface area is 188 Å². The molecule has 0 saturated carbocycles. The van der Waals surface area contributed by atoms with Crippen molar-refractivity contribution < 1.29 is 19.1 Å². The molecule has 168 valence electrons. The molecule has 7 heteroatoms. The number of nitrogens with one attached hydrogen (secondary N) is 2. The SMILES string of the molecule is CNC(=O)c1cccc(-c2ccc3c(c2)C(=O)NC[C@@H]2CN(C(=O)OC(C)(C)C)C[C@@H]32)c1. The fraction of sp³-hybridized carbons (Fsp3) is 0.400. The first-order chi connectivity index (χ1) is 15.2. The van der Waals surface area contributed by atoms with Gasteiger partial charge in [-0.25, -0.2) is 4.79 Å². The Bertz CT molecular complexity index is 1070. The maximum absolute atomic E-state index is 12.9. The summed E-state index contributed by atoms with van der Waals surface area (Å²) in [4.78, 5) is 39.2. The number of likely N-dealkylation sites (tertiary alicyclic amines) is 1. The van der Waals surface area contributed by atoms with Crippen LogP contribution in [0.1, 0.15) is 53.0 Å². The highest BCUT2D eigenvalue weighted by molar-refractivity contribution is 5.98. The smallest absolute Gasteiger partial charge is 0.410 e. The Hall–Kier alpha value is -3.35. The lowest BCUT2D eigenvalue weighted by Crippen LogP contribution is -2.36. The predicted octanol–water partition coefficient (Wildman–Crippen LogP) is 3.41. The molecule has 2 aliphatic rings. The van der Waals surface area contributed by atoms with Gasteiger partial charge in [-0.15, -0.1) is 0 Å². The van der Waals surface area contributed by atoms with Crippen LogP contribution in [0.5, 0.6) is 0 Å². The number of nitrogens with zero attached hydrogens (tertiary/aromatic N) is 1. The second-order valence-electron chi connectivity index (χ2n) is 9.42. The van der Waals surface area contributed by atoms with Crippen molar-refractivity contribution in [3.63, 3.8) is 0 Å². The molecule has 2 heterocycles. The molecule has 2 aromatic rings. The van der Waals surface area contributed by atoms with Crippen LogP contribution in [-0.4, -0.2) is 55.1 Å². The zero-order chi connectivity index (χ0) is 23.0. The first-order valence-corrected chi connectivity index (χ1v) is 10.9. The molecule has 32 heavy (non-hydrogen) atoms. The van der Waals surface area contributed by atoms with E-state index in [0.717, 1.165) is 16.7 Å². The Morgan fingerprint density at radius 1 is 1.09 bits per heavy atom. The Morgan fingerprint density at radius 3 is 2.56 bits per heavy atom. The number of rotatable bonds is 2. The number of benzene rings is 2. The molecule has 0 bridgehead atoms. The van der Waals surface area contributed by atoms with Crippen LogP contribution in [0.4, 0.5) is 4.79 Å². The zero-order valence-electron chi connectivity index (χ0n) is 18.9. The molecule has 3 amide bonds. The number of fused-ring (bicyclic) bond motifs is 3. The van der Waals surface area contributed by atoms with Gasteiger partial charge in [0.05, 0.1) is 0 Å². The van der Waals surface area contributed by atoms with E-state index in [2.05, 4.69) is 10.6 Å². The van der Waals surface area contributed by atoms with Gasteiger partial charge in [-0.2, -0.15) is 0 Å². The van der Waals surface area contributed by atoms with E-state index in [1.54, 1.807) is 18.0 Å². The number of carbonyl (C=O) groups excluding carboxylic acids is 3. The molecule has 1 saturated heterocycles. The van der Waals surface area contributed by atoms with Crippen LogP contribution in [0.25, 0.3) is 11.1 Å². The molecular formula is C25H29N3O4. The second kappa shape index (κ2) is 8.30. The molecule has 0 spiro atoms. The van der Waals surface area contributed by atoms with Crippen molar-refractivity contribution in [1.29, 1.82) is 0 Å². The third-order valence-electron chi connectivity index (χ3n) is 6.00. The maximum Gasteiger partial charge on any atom is 0.410 e. The largest absolute Gasteiger partial charge is 0.444 e. The van der Waals surface area contributed by atoms with Gasteiger partial charge < -0.3 is 20.3 Å². The van der Waals surface area contributed by atoms with Gasteiger partial charge in [-0.05, 0) is 55.7 Å². The van der Waals surface area contributed by atoms with Crippen molar-refractivity contribution in [3.05, 3.63) is 59.2 Å². The van der Waals surface area contributed by atoms with Gasteiger partial charge in [-0.1, -0.05) is 24.3 Å². The van der Waals surface area contributed by atoms with Crippen LogP contribution >= 0.6 is 0 Å². The van der Waals surface area contributed by atoms with Crippen molar-refractivity contribution in [2.45, 2.75) is 32.3 Å². The maximum atomic E-state index is 12.9. The minimum Gasteiger partial charge on any atom is -0.444 e. The molecule has 0 aromatic heterocycles. The van der Waals surface area contributed by atoms with Gasteiger partial charge in [0.2, 0.25) is 0 Å². The lowest BCUT2D eigenvalue weighted by molar-refractivity contribution is 0.0286. The third-order valence-corrected chi connectivity index (χ3v) is 6.00. The van der Waals surface area contributed by atoms with Gasteiger partial charge >= 0.3 is 6.09 Å². The standard InChI is InChI=1S/C25H29N3O4/c1-25(2,3)32-24(31)28-13-18-12-27-23(30)20-11-16(8-9-19(20)21(18)14-28)15-6-5-7-17(10-15)22(29)26-4/h5-11,18,21H,12-14H2,1-4H3,(H,26,29)(H,27,30)/t18-,21-/m1/s1. The fourth-order valence-corrected chi connectivity index (χ4v) is 4.47. The minimum atomic E-state index is -0.550. The van der Waals surface area contributed by atoms with E-state index in [1.165, 1.54) is 0 Å². The van der Waals surface area contributed by atoms with Gasteiger partial charge in [0.25, 0.3) is 11.8 Å². The second-order valence-corrected chi connectivity index (χ2v) is 9.42. The molecule has 0 radical (unpaired) electrons. The van der Waals surface area contributed by atoms with E-state index in [0.29, 0.717) is 30.8 Å². The van der Waals surface area contributed by atoms with Crippen molar-refractivity contribution in [2.24, 2.45) is 5.92 Å². The average Bonchev–Trinajstić information content (AvgIpc) is 3.14. The molecule has 0 aliphatic carbocycles. The number of hydrogen-bond acceptors (Lipinski definition) is 4. The monoisotopic (exact) mass is 435 g/mol. The van der Waals surface area contributed by atoms with Crippen LogP contribution in [0, 0.1) is 5.92 Å². The van der Waals surface area contributed by atoms with Crippen LogP contribution in [0.2, 0.25) is 0 Å². The Morgan fingerprint density at radius 2 is 1.84 bits per heavy atom. The highest BCUT2D eigenvalue weighted by atomic mass is 16.6. The van der Waals surface area contributed by atoms with Crippen molar-refractivity contribution in [3.8, 4) is 11.1 Å². The Balaban J connectivity index is 1.64. The summed E-state index contributed by atoms with van der Waals surface area (Å²) in [5.41, 5.74) is 3.31. The first kappa shape index (κ1) is 21.9. The first-order valence-electron chi connectivity index (χ1n) is 10.9. The number of ether oxygens (including phenoxy) is 1. The summed E-state index contributed by atoms with van der Waals surface area (Å²) in [6.07, 6.45) is -0.318. The average molecular weight is 436 g/mol. The molecule has 1 fully saturated rings. The molecule has 2 aliphatic heterocycles. The van der Waals surface area contributed by atoms with Gasteiger partial charge in [0.1, 0.15) is 5.60 Å².